The molecule has 1 aromatic carbocycles. The molecule has 1 aromatic heterocycles. The number of amides is 1. The molecular formula is C25H36FN3O4. The van der Waals surface area contributed by atoms with Crippen LogP contribution in [-0.4, -0.2) is 52.3 Å². The van der Waals surface area contributed by atoms with Crippen LogP contribution in [0.4, 0.5) is 9.18 Å². The quantitative estimate of drug-likeness (QED) is 0.513. The van der Waals surface area contributed by atoms with Gasteiger partial charge in [0.25, 0.3) is 0 Å². The molecule has 0 bridgehead atoms. The van der Waals surface area contributed by atoms with Crippen LogP contribution in [0.1, 0.15) is 57.3 Å². The highest BCUT2D eigenvalue weighted by Crippen LogP contribution is 2.21. The topological polar surface area (TPSA) is 73.7 Å². The number of carbonyl (C=O) groups excluding carboxylic acids is 2. The minimum Gasteiger partial charge on any atom is -0.466 e. The fourth-order valence-corrected chi connectivity index (χ4v) is 3.43. The molecule has 2 aromatic rings. The lowest BCUT2D eigenvalue weighted by atomic mass is 9.97. The largest absolute Gasteiger partial charge is 0.466 e. The van der Waals surface area contributed by atoms with Crippen molar-refractivity contribution in [3.8, 4) is 0 Å². The zero-order valence-corrected chi connectivity index (χ0v) is 20.8. The van der Waals surface area contributed by atoms with Crippen LogP contribution in [0.2, 0.25) is 0 Å². The lowest BCUT2D eigenvalue weighted by molar-refractivity contribution is -0.147. The first kappa shape index (κ1) is 26.4. The van der Waals surface area contributed by atoms with E-state index in [-0.39, 0.29) is 18.2 Å². The van der Waals surface area contributed by atoms with E-state index in [4.69, 9.17) is 9.47 Å². The molecule has 2 rings (SSSR count). The number of aromatic nitrogens is 2. The highest BCUT2D eigenvalue weighted by molar-refractivity contribution is 5.72. The van der Waals surface area contributed by atoms with Gasteiger partial charge < -0.3 is 18.9 Å². The Morgan fingerprint density at radius 2 is 1.91 bits per heavy atom. The van der Waals surface area contributed by atoms with Gasteiger partial charge in [0, 0.05) is 38.4 Å². The highest BCUT2D eigenvalue weighted by Gasteiger charge is 2.21. The van der Waals surface area contributed by atoms with Gasteiger partial charge in [-0.25, -0.2) is 14.2 Å². The molecule has 0 aliphatic carbocycles. The fraction of sp³-hybridized carbons (Fsp3) is 0.560. The van der Waals surface area contributed by atoms with Gasteiger partial charge in [0.1, 0.15) is 17.2 Å². The molecule has 0 aliphatic rings. The predicted molar refractivity (Wildman–Crippen MR) is 125 cm³/mol. The number of likely N-dealkylation sites (N-methyl/N-ethyl adjacent to an activating group) is 1. The number of imidazole rings is 1. The number of esters is 1. The van der Waals surface area contributed by atoms with Crippen LogP contribution in [0, 0.1) is 18.7 Å². The maximum Gasteiger partial charge on any atom is 0.410 e. The van der Waals surface area contributed by atoms with E-state index in [2.05, 4.69) is 4.98 Å². The van der Waals surface area contributed by atoms with Crippen molar-refractivity contribution in [2.45, 2.75) is 66.5 Å². The molecule has 33 heavy (non-hydrogen) atoms. The van der Waals surface area contributed by atoms with Crippen molar-refractivity contribution >= 4 is 12.1 Å². The van der Waals surface area contributed by atoms with Crippen molar-refractivity contribution in [2.24, 2.45) is 5.92 Å². The van der Waals surface area contributed by atoms with Crippen molar-refractivity contribution < 1.29 is 23.5 Å². The standard InChI is InChI=1S/C25H36FN3O4/c1-8-32-23(30)17(2)14-19-10-9-11-20(22(19)26)15-21-27-16-18(3)29(21)13-12-28(7)24(31)33-25(4,5)6/h9-11,16-17H,8,12-15H2,1-7H3. The maximum absolute atomic E-state index is 15.2. The van der Waals surface area contributed by atoms with E-state index in [0.717, 1.165) is 5.69 Å². The summed E-state index contributed by atoms with van der Waals surface area (Å²) in [4.78, 5) is 30.2. The summed E-state index contributed by atoms with van der Waals surface area (Å²) in [6.07, 6.45) is 1.92. The van der Waals surface area contributed by atoms with Gasteiger partial charge in [-0.15, -0.1) is 0 Å². The molecule has 1 amide bonds. The molecule has 1 atom stereocenters. The average molecular weight is 462 g/mol. The molecule has 0 saturated carbocycles. The number of benzene rings is 1. The van der Waals surface area contributed by atoms with Gasteiger partial charge in [-0.2, -0.15) is 0 Å². The summed E-state index contributed by atoms with van der Waals surface area (Å²) in [5.41, 5.74) is 1.35. The van der Waals surface area contributed by atoms with Crippen LogP contribution in [0.25, 0.3) is 0 Å². The number of carbonyl (C=O) groups is 2. The van der Waals surface area contributed by atoms with E-state index in [1.54, 1.807) is 45.3 Å². The van der Waals surface area contributed by atoms with Gasteiger partial charge in [0.05, 0.1) is 12.5 Å². The second-order valence-electron chi connectivity index (χ2n) is 9.29. The van der Waals surface area contributed by atoms with Crippen LogP contribution in [-0.2, 0) is 33.7 Å². The van der Waals surface area contributed by atoms with Gasteiger partial charge in [0.15, 0.2) is 0 Å². The number of hydrogen-bond acceptors (Lipinski definition) is 5. The molecule has 0 saturated heterocycles. The average Bonchev–Trinajstić information content (AvgIpc) is 3.07. The number of aryl methyl sites for hydroxylation is 1. The van der Waals surface area contributed by atoms with E-state index in [1.807, 2.05) is 32.3 Å². The normalized spacial score (nSPS) is 12.4. The summed E-state index contributed by atoms with van der Waals surface area (Å²) >= 11 is 0. The Balaban J connectivity index is 2.12. The number of ether oxygens (including phenoxy) is 2. The van der Waals surface area contributed by atoms with Crippen LogP contribution in [0.3, 0.4) is 0 Å². The van der Waals surface area contributed by atoms with E-state index in [9.17, 15) is 9.59 Å². The Labute approximate surface area is 195 Å². The second-order valence-corrected chi connectivity index (χ2v) is 9.29. The van der Waals surface area contributed by atoms with Gasteiger partial charge in [-0.1, -0.05) is 25.1 Å². The highest BCUT2D eigenvalue weighted by atomic mass is 19.1. The number of rotatable bonds is 9. The summed E-state index contributed by atoms with van der Waals surface area (Å²) < 4.78 is 27.6. The SMILES string of the molecule is CCOC(=O)C(C)Cc1cccc(Cc2ncc(C)n2CCN(C)C(=O)OC(C)(C)C)c1F. The molecule has 0 N–H and O–H groups in total. The summed E-state index contributed by atoms with van der Waals surface area (Å²) in [7, 11) is 1.69. The minimum atomic E-state index is -0.561. The van der Waals surface area contributed by atoms with Gasteiger partial charge >= 0.3 is 12.1 Å². The van der Waals surface area contributed by atoms with Crippen LogP contribution in [0.15, 0.2) is 24.4 Å². The molecule has 0 radical (unpaired) electrons. The number of hydrogen-bond donors (Lipinski definition) is 0. The zero-order chi connectivity index (χ0) is 24.8. The Bertz CT molecular complexity index is 965. The predicted octanol–water partition coefficient (Wildman–Crippen LogP) is 4.53. The number of halogens is 1. The third kappa shape index (κ3) is 7.58. The first-order valence-corrected chi connectivity index (χ1v) is 11.3. The Morgan fingerprint density at radius 3 is 2.55 bits per heavy atom. The molecule has 182 valence electrons. The molecule has 1 unspecified atom stereocenters. The first-order valence-electron chi connectivity index (χ1n) is 11.3. The monoisotopic (exact) mass is 461 g/mol. The number of nitrogens with zero attached hydrogens (tertiary/aromatic N) is 3. The van der Waals surface area contributed by atoms with Crippen molar-refractivity contribution in [1.29, 1.82) is 0 Å². The second kappa shape index (κ2) is 11.3. The molecule has 0 spiro atoms. The molecule has 1 heterocycles. The molecular weight excluding hydrogens is 425 g/mol. The lowest BCUT2D eigenvalue weighted by Gasteiger charge is -2.25. The van der Waals surface area contributed by atoms with Crippen molar-refractivity contribution in [3.05, 3.63) is 52.9 Å². The third-order valence-electron chi connectivity index (χ3n) is 5.22. The maximum atomic E-state index is 15.2. The van der Waals surface area contributed by atoms with Crippen LogP contribution < -0.4 is 0 Å². The fourth-order valence-electron chi connectivity index (χ4n) is 3.43. The Morgan fingerprint density at radius 1 is 1.24 bits per heavy atom. The van der Waals surface area contributed by atoms with Crippen molar-refractivity contribution in [2.75, 3.05) is 20.2 Å². The van der Waals surface area contributed by atoms with Gasteiger partial charge in [-0.05, 0) is 52.2 Å². The van der Waals surface area contributed by atoms with E-state index < -0.39 is 17.6 Å². The lowest BCUT2D eigenvalue weighted by Crippen LogP contribution is -2.36. The van der Waals surface area contributed by atoms with E-state index in [0.29, 0.717) is 43.1 Å². The molecule has 8 heteroatoms. The first-order chi connectivity index (χ1) is 15.4. The van der Waals surface area contributed by atoms with Gasteiger partial charge in [0.2, 0.25) is 0 Å². The summed E-state index contributed by atoms with van der Waals surface area (Å²) in [6, 6.07) is 5.22. The Kier molecular flexibility index (Phi) is 9.02. The molecule has 0 fully saturated rings. The summed E-state index contributed by atoms with van der Waals surface area (Å²) in [6.45, 7) is 12.1. The Hall–Kier alpha value is -2.90. The van der Waals surface area contributed by atoms with E-state index in [1.165, 1.54) is 4.90 Å². The van der Waals surface area contributed by atoms with Crippen LogP contribution >= 0.6 is 0 Å². The minimum absolute atomic E-state index is 0.270. The zero-order valence-electron chi connectivity index (χ0n) is 20.8. The molecule has 7 nitrogen and oxygen atoms in total. The van der Waals surface area contributed by atoms with E-state index >= 15 is 4.39 Å². The smallest absolute Gasteiger partial charge is 0.410 e. The summed E-state index contributed by atoms with van der Waals surface area (Å²) in [5.74, 6) is -0.379. The van der Waals surface area contributed by atoms with Crippen molar-refractivity contribution in [1.82, 2.24) is 14.5 Å². The van der Waals surface area contributed by atoms with Crippen LogP contribution in [0.5, 0.6) is 0 Å². The summed E-state index contributed by atoms with van der Waals surface area (Å²) in [5, 5.41) is 0. The molecule has 0 aliphatic heterocycles. The van der Waals surface area contributed by atoms with Crippen molar-refractivity contribution in [3.63, 3.8) is 0 Å². The van der Waals surface area contributed by atoms with Gasteiger partial charge in [-0.3, -0.25) is 4.79 Å². The third-order valence-corrected chi connectivity index (χ3v) is 5.22.